The first kappa shape index (κ1) is 26.9. The quantitative estimate of drug-likeness (QED) is 0.221. The maximum Gasteiger partial charge on any atom is 0.191 e. The number of aromatic nitrogens is 1. The number of pyridine rings is 1. The molecular formula is C22H41IN6O. The minimum Gasteiger partial charge on any atom is -0.375 e. The van der Waals surface area contributed by atoms with E-state index in [1.54, 1.807) is 0 Å². The topological polar surface area (TPSA) is 65.0 Å². The zero-order chi connectivity index (χ0) is 21.2. The molecule has 7 nitrogen and oxygen atoms in total. The van der Waals surface area contributed by atoms with Gasteiger partial charge < -0.3 is 20.3 Å². The van der Waals surface area contributed by atoms with Crippen molar-refractivity contribution in [3.05, 3.63) is 23.9 Å². The molecule has 1 atom stereocenters. The Hall–Kier alpha value is -1.13. The molecule has 1 saturated heterocycles. The zero-order valence-corrected chi connectivity index (χ0v) is 21.8. The molecule has 0 radical (unpaired) electrons. The highest BCUT2D eigenvalue weighted by Gasteiger charge is 2.17. The second-order valence-electron chi connectivity index (χ2n) is 8.28. The molecule has 1 fully saturated rings. The third kappa shape index (κ3) is 8.93. The summed E-state index contributed by atoms with van der Waals surface area (Å²) in [7, 11) is 1.81. The molecule has 0 aliphatic carbocycles. The predicted molar refractivity (Wildman–Crippen MR) is 137 cm³/mol. The van der Waals surface area contributed by atoms with Gasteiger partial charge in [-0.15, -0.1) is 24.0 Å². The molecule has 0 saturated carbocycles. The van der Waals surface area contributed by atoms with Gasteiger partial charge in [-0.1, -0.05) is 6.07 Å². The fraction of sp³-hybridized carbons (Fsp3) is 0.727. The Bertz CT molecular complexity index is 615. The molecule has 0 aromatic carbocycles. The first-order chi connectivity index (χ1) is 13.9. The van der Waals surface area contributed by atoms with E-state index in [-0.39, 0.29) is 30.1 Å². The second-order valence-corrected chi connectivity index (χ2v) is 8.28. The van der Waals surface area contributed by atoms with Gasteiger partial charge in [-0.3, -0.25) is 9.89 Å². The maximum absolute atomic E-state index is 5.60. The van der Waals surface area contributed by atoms with E-state index in [0.29, 0.717) is 18.6 Å². The fourth-order valence-corrected chi connectivity index (χ4v) is 3.72. The molecule has 2 rings (SSSR count). The van der Waals surface area contributed by atoms with Crippen LogP contribution in [0.1, 0.15) is 46.6 Å². The van der Waals surface area contributed by atoms with Gasteiger partial charge in [-0.25, -0.2) is 4.98 Å². The minimum absolute atomic E-state index is 0. The molecule has 2 N–H and O–H groups in total. The van der Waals surface area contributed by atoms with Crippen LogP contribution in [-0.4, -0.2) is 73.9 Å². The number of nitrogens with zero attached hydrogens (tertiary/aromatic N) is 4. The van der Waals surface area contributed by atoms with Gasteiger partial charge in [-0.2, -0.15) is 0 Å². The summed E-state index contributed by atoms with van der Waals surface area (Å²) in [6.07, 6.45) is 3.29. The van der Waals surface area contributed by atoms with Crippen LogP contribution in [0.2, 0.25) is 0 Å². The van der Waals surface area contributed by atoms with Gasteiger partial charge in [0.2, 0.25) is 0 Å². The summed E-state index contributed by atoms with van der Waals surface area (Å²) in [6.45, 7) is 16.4. The Labute approximate surface area is 200 Å². The van der Waals surface area contributed by atoms with Crippen molar-refractivity contribution < 1.29 is 4.74 Å². The van der Waals surface area contributed by atoms with Crippen molar-refractivity contribution in [3.8, 4) is 0 Å². The van der Waals surface area contributed by atoms with Gasteiger partial charge in [0, 0.05) is 58.1 Å². The van der Waals surface area contributed by atoms with Crippen LogP contribution < -0.4 is 15.5 Å². The average Bonchev–Trinajstić information content (AvgIpc) is 2.70. The number of hydrogen-bond acceptors (Lipinski definition) is 5. The summed E-state index contributed by atoms with van der Waals surface area (Å²) >= 11 is 0. The molecule has 172 valence electrons. The van der Waals surface area contributed by atoms with Crippen LogP contribution in [0, 0.1) is 0 Å². The summed E-state index contributed by atoms with van der Waals surface area (Å²) < 4.78 is 5.60. The Kier molecular flexibility index (Phi) is 12.6. The molecule has 1 unspecified atom stereocenters. The predicted octanol–water partition coefficient (Wildman–Crippen LogP) is 3.10. The molecule has 2 heterocycles. The number of aliphatic imine (C=N–C) groups is 1. The largest absolute Gasteiger partial charge is 0.375 e. The van der Waals surface area contributed by atoms with Crippen LogP contribution in [0.25, 0.3) is 0 Å². The number of ether oxygens (including phenoxy) is 1. The first-order valence-electron chi connectivity index (χ1n) is 10.9. The lowest BCUT2D eigenvalue weighted by Crippen LogP contribution is -2.41. The molecule has 1 aliphatic heterocycles. The summed E-state index contributed by atoms with van der Waals surface area (Å²) in [5.41, 5.74) is 1.14. The summed E-state index contributed by atoms with van der Waals surface area (Å²) in [4.78, 5) is 13.8. The maximum atomic E-state index is 5.60. The van der Waals surface area contributed by atoms with E-state index < -0.39 is 0 Å². The SMILES string of the molecule is CN=C(NCCCN(C(C)C)C(C)C)NCc1ccc(N2CCOC(C)C2)nc1.I. The fourth-order valence-electron chi connectivity index (χ4n) is 3.72. The third-order valence-electron chi connectivity index (χ3n) is 5.27. The Morgan fingerprint density at radius 3 is 2.57 bits per heavy atom. The Morgan fingerprint density at radius 1 is 1.27 bits per heavy atom. The lowest BCUT2D eigenvalue weighted by Gasteiger charge is -2.32. The van der Waals surface area contributed by atoms with Crippen molar-refractivity contribution in [2.75, 3.05) is 44.7 Å². The van der Waals surface area contributed by atoms with Crippen molar-refractivity contribution in [2.24, 2.45) is 4.99 Å². The summed E-state index contributed by atoms with van der Waals surface area (Å²) in [5, 5.41) is 6.79. The highest BCUT2D eigenvalue weighted by molar-refractivity contribution is 14.0. The van der Waals surface area contributed by atoms with Crippen LogP contribution in [0.4, 0.5) is 5.82 Å². The molecule has 1 aromatic heterocycles. The number of hydrogen-bond donors (Lipinski definition) is 2. The van der Waals surface area contributed by atoms with Crippen LogP contribution in [-0.2, 0) is 11.3 Å². The molecular weight excluding hydrogens is 491 g/mol. The number of morpholine rings is 1. The molecule has 1 aliphatic rings. The number of guanidine groups is 1. The van der Waals surface area contributed by atoms with Gasteiger partial charge in [0.15, 0.2) is 5.96 Å². The van der Waals surface area contributed by atoms with Crippen LogP contribution in [0.3, 0.4) is 0 Å². The lowest BCUT2D eigenvalue weighted by molar-refractivity contribution is 0.0529. The number of anilines is 1. The minimum atomic E-state index is 0. The van der Waals surface area contributed by atoms with Gasteiger partial charge in [0.05, 0.1) is 12.7 Å². The number of halogens is 1. The zero-order valence-electron chi connectivity index (χ0n) is 19.5. The van der Waals surface area contributed by atoms with E-state index in [0.717, 1.165) is 56.5 Å². The lowest BCUT2D eigenvalue weighted by atomic mass is 10.2. The molecule has 0 spiro atoms. The van der Waals surface area contributed by atoms with Crippen molar-refractivity contribution in [1.29, 1.82) is 0 Å². The molecule has 30 heavy (non-hydrogen) atoms. The van der Waals surface area contributed by atoms with Crippen LogP contribution in [0.5, 0.6) is 0 Å². The van der Waals surface area contributed by atoms with Crippen molar-refractivity contribution in [2.45, 2.75) is 65.8 Å². The van der Waals surface area contributed by atoms with E-state index >= 15 is 0 Å². The van der Waals surface area contributed by atoms with Gasteiger partial charge in [0.1, 0.15) is 5.82 Å². The van der Waals surface area contributed by atoms with E-state index in [1.165, 1.54) is 0 Å². The molecule has 0 bridgehead atoms. The number of nitrogens with one attached hydrogen (secondary N) is 2. The van der Waals surface area contributed by atoms with E-state index in [2.05, 4.69) is 77.2 Å². The monoisotopic (exact) mass is 532 g/mol. The first-order valence-corrected chi connectivity index (χ1v) is 10.9. The second kappa shape index (κ2) is 14.0. The van der Waals surface area contributed by atoms with E-state index in [4.69, 9.17) is 4.74 Å². The molecule has 1 aromatic rings. The van der Waals surface area contributed by atoms with Gasteiger partial charge in [-0.05, 0) is 52.7 Å². The van der Waals surface area contributed by atoms with Gasteiger partial charge in [0.25, 0.3) is 0 Å². The van der Waals surface area contributed by atoms with Crippen molar-refractivity contribution >= 4 is 35.8 Å². The third-order valence-corrected chi connectivity index (χ3v) is 5.27. The summed E-state index contributed by atoms with van der Waals surface area (Å²) in [6, 6.07) is 5.37. The number of rotatable bonds is 9. The Morgan fingerprint density at radius 2 is 2.00 bits per heavy atom. The van der Waals surface area contributed by atoms with E-state index in [1.807, 2.05) is 13.2 Å². The smallest absolute Gasteiger partial charge is 0.191 e. The van der Waals surface area contributed by atoms with E-state index in [9.17, 15) is 0 Å². The van der Waals surface area contributed by atoms with Crippen LogP contribution >= 0.6 is 24.0 Å². The Balaban J connectivity index is 0.00000450. The summed E-state index contributed by atoms with van der Waals surface area (Å²) in [5.74, 6) is 1.85. The highest BCUT2D eigenvalue weighted by atomic mass is 127. The standard InChI is InChI=1S/C22H40N6O.HI/c1-17(2)28(18(3)4)11-7-10-24-22(23-6)26-15-20-8-9-21(25-14-20)27-12-13-29-19(5)16-27;/h8-9,14,17-19H,7,10-13,15-16H2,1-6H3,(H2,23,24,26);1H. The van der Waals surface area contributed by atoms with Crippen molar-refractivity contribution in [1.82, 2.24) is 20.5 Å². The molecule has 0 amide bonds. The van der Waals surface area contributed by atoms with Gasteiger partial charge >= 0.3 is 0 Å². The van der Waals surface area contributed by atoms with Crippen LogP contribution in [0.15, 0.2) is 23.3 Å². The average molecular weight is 533 g/mol. The normalized spacial score (nSPS) is 17.4. The molecule has 8 heteroatoms. The van der Waals surface area contributed by atoms with Crippen molar-refractivity contribution in [3.63, 3.8) is 0 Å². The highest BCUT2D eigenvalue weighted by Crippen LogP contribution is 2.15.